The van der Waals surface area contributed by atoms with Gasteiger partial charge in [0.15, 0.2) is 0 Å². The minimum Gasteiger partial charge on any atom is -0.507 e. The number of benzene rings is 3. The van der Waals surface area contributed by atoms with Gasteiger partial charge in [-0.25, -0.2) is 0 Å². The van der Waals surface area contributed by atoms with Crippen molar-refractivity contribution in [2.45, 2.75) is 26.2 Å². The van der Waals surface area contributed by atoms with Crippen LogP contribution in [0.1, 0.15) is 44.7 Å². The van der Waals surface area contributed by atoms with E-state index in [4.69, 9.17) is 11.6 Å². The van der Waals surface area contributed by atoms with Gasteiger partial charge in [-0.3, -0.25) is 9.59 Å². The van der Waals surface area contributed by atoms with Gasteiger partial charge >= 0.3 is 0 Å². The van der Waals surface area contributed by atoms with Crippen molar-refractivity contribution in [1.82, 2.24) is 0 Å². The first kappa shape index (κ1) is 20.9. The fraction of sp³-hybridized carbons (Fsp3) is 0.200. The number of amides is 2. The first-order chi connectivity index (χ1) is 14.9. The fourth-order valence-electron chi connectivity index (χ4n) is 3.93. The maximum atomic E-state index is 13.4. The second-order valence-corrected chi connectivity index (χ2v) is 8.12. The number of nitrogens with zero attached hydrogens (tertiary/aromatic N) is 1. The molecule has 0 aliphatic carbocycles. The van der Waals surface area contributed by atoms with Gasteiger partial charge in [0.1, 0.15) is 5.75 Å². The second-order valence-electron chi connectivity index (χ2n) is 7.69. The Labute approximate surface area is 186 Å². The molecule has 0 spiro atoms. The van der Waals surface area contributed by atoms with E-state index in [1.54, 1.807) is 36.4 Å². The van der Waals surface area contributed by atoms with Gasteiger partial charge in [-0.2, -0.15) is 0 Å². The molecule has 2 amide bonds. The Morgan fingerprint density at radius 3 is 2.58 bits per heavy atom. The van der Waals surface area contributed by atoms with Crippen LogP contribution in [0.15, 0.2) is 60.7 Å². The molecule has 0 atom stereocenters. The summed E-state index contributed by atoms with van der Waals surface area (Å²) in [5, 5.41) is 13.3. The van der Waals surface area contributed by atoms with Gasteiger partial charge in [0.2, 0.25) is 0 Å². The third-order valence-corrected chi connectivity index (χ3v) is 5.75. The molecule has 0 saturated carbocycles. The number of para-hydroxylation sites is 1. The molecule has 3 aromatic carbocycles. The molecule has 6 heteroatoms. The number of anilines is 2. The predicted molar refractivity (Wildman–Crippen MR) is 123 cm³/mol. The number of aromatic hydroxyl groups is 1. The highest BCUT2D eigenvalue weighted by atomic mass is 35.5. The Kier molecular flexibility index (Phi) is 5.96. The third kappa shape index (κ3) is 4.42. The minimum atomic E-state index is -0.407. The van der Waals surface area contributed by atoms with Crippen molar-refractivity contribution in [3.63, 3.8) is 0 Å². The van der Waals surface area contributed by atoms with Crippen molar-refractivity contribution in [2.24, 2.45) is 0 Å². The smallest absolute Gasteiger partial charge is 0.259 e. The monoisotopic (exact) mass is 434 g/mol. The number of carbonyl (C=O) groups is 2. The SMILES string of the molecule is Cc1cc(NC(=O)c2ccccc2O)ccc1C(=O)N1CCCCc2cc(Cl)ccc21. The van der Waals surface area contributed by atoms with Gasteiger partial charge in [-0.1, -0.05) is 23.7 Å². The van der Waals surface area contributed by atoms with Crippen LogP contribution < -0.4 is 10.2 Å². The molecule has 0 saturated heterocycles. The van der Waals surface area contributed by atoms with E-state index in [2.05, 4.69) is 5.32 Å². The molecule has 0 radical (unpaired) electrons. The summed E-state index contributed by atoms with van der Waals surface area (Å²) in [5.41, 5.74) is 4.10. The van der Waals surface area contributed by atoms with E-state index in [9.17, 15) is 14.7 Å². The molecular weight excluding hydrogens is 412 g/mol. The van der Waals surface area contributed by atoms with Gasteiger partial charge in [-0.05, 0) is 85.8 Å². The van der Waals surface area contributed by atoms with Crippen LogP contribution >= 0.6 is 11.6 Å². The topological polar surface area (TPSA) is 69.6 Å². The summed E-state index contributed by atoms with van der Waals surface area (Å²) in [6.07, 6.45) is 2.83. The highest BCUT2D eigenvalue weighted by Gasteiger charge is 2.24. The van der Waals surface area contributed by atoms with Gasteiger partial charge < -0.3 is 15.3 Å². The summed E-state index contributed by atoms with van der Waals surface area (Å²) in [7, 11) is 0. The van der Waals surface area contributed by atoms with E-state index in [-0.39, 0.29) is 17.2 Å². The average Bonchev–Trinajstić information content (AvgIpc) is 2.95. The van der Waals surface area contributed by atoms with Gasteiger partial charge in [0.25, 0.3) is 11.8 Å². The van der Waals surface area contributed by atoms with Crippen LogP contribution in [0.25, 0.3) is 0 Å². The summed E-state index contributed by atoms with van der Waals surface area (Å²) >= 11 is 6.16. The van der Waals surface area contributed by atoms with Crippen LogP contribution in [0.4, 0.5) is 11.4 Å². The highest BCUT2D eigenvalue weighted by molar-refractivity contribution is 6.30. The normalized spacial score (nSPS) is 13.3. The highest BCUT2D eigenvalue weighted by Crippen LogP contribution is 2.31. The average molecular weight is 435 g/mol. The minimum absolute atomic E-state index is 0.0680. The third-order valence-electron chi connectivity index (χ3n) is 5.52. The molecular formula is C25H23ClN2O3. The van der Waals surface area contributed by atoms with E-state index in [0.29, 0.717) is 22.8 Å². The number of phenols is 1. The summed E-state index contributed by atoms with van der Waals surface area (Å²) in [5.74, 6) is -0.556. The Hall–Kier alpha value is -3.31. The maximum absolute atomic E-state index is 13.4. The zero-order valence-corrected chi connectivity index (χ0v) is 17.9. The van der Waals surface area contributed by atoms with Gasteiger partial charge in [0.05, 0.1) is 5.56 Å². The van der Waals surface area contributed by atoms with Gasteiger partial charge in [-0.15, -0.1) is 0 Å². The molecule has 4 rings (SSSR count). The number of fused-ring (bicyclic) bond motifs is 1. The van der Waals surface area contributed by atoms with Crippen molar-refractivity contribution < 1.29 is 14.7 Å². The quantitative estimate of drug-likeness (QED) is 0.564. The summed E-state index contributed by atoms with van der Waals surface area (Å²) in [4.78, 5) is 27.7. The second kappa shape index (κ2) is 8.82. The Morgan fingerprint density at radius 1 is 1.00 bits per heavy atom. The van der Waals surface area contributed by atoms with Crippen molar-refractivity contribution in [3.8, 4) is 5.75 Å². The number of aryl methyl sites for hydroxylation is 2. The first-order valence-electron chi connectivity index (χ1n) is 10.2. The molecule has 0 aromatic heterocycles. The molecule has 0 unspecified atom stereocenters. The lowest BCUT2D eigenvalue weighted by Gasteiger charge is -2.24. The molecule has 0 fully saturated rings. The lowest BCUT2D eigenvalue weighted by molar-refractivity contribution is 0.0985. The summed E-state index contributed by atoms with van der Waals surface area (Å²) in [6.45, 7) is 2.50. The number of nitrogens with one attached hydrogen (secondary N) is 1. The van der Waals surface area contributed by atoms with E-state index in [1.807, 2.05) is 30.0 Å². The van der Waals surface area contributed by atoms with Crippen molar-refractivity contribution in [1.29, 1.82) is 0 Å². The van der Waals surface area contributed by atoms with Gasteiger partial charge in [0, 0.05) is 28.5 Å². The van der Waals surface area contributed by atoms with E-state index < -0.39 is 5.91 Å². The first-order valence-corrected chi connectivity index (χ1v) is 10.6. The Balaban J connectivity index is 1.58. The molecule has 1 aliphatic rings. The fourth-order valence-corrected chi connectivity index (χ4v) is 4.12. The zero-order valence-electron chi connectivity index (χ0n) is 17.2. The number of hydrogen-bond donors (Lipinski definition) is 2. The maximum Gasteiger partial charge on any atom is 0.259 e. The van der Waals surface area contributed by atoms with E-state index >= 15 is 0 Å². The number of hydrogen-bond acceptors (Lipinski definition) is 3. The summed E-state index contributed by atoms with van der Waals surface area (Å²) in [6, 6.07) is 17.2. The number of rotatable bonds is 3. The zero-order chi connectivity index (χ0) is 22.0. The van der Waals surface area contributed by atoms with Crippen molar-refractivity contribution in [3.05, 3.63) is 87.9 Å². The summed E-state index contributed by atoms with van der Waals surface area (Å²) < 4.78 is 0. The van der Waals surface area contributed by atoms with Crippen LogP contribution in [0.2, 0.25) is 5.02 Å². The standard InChI is InChI=1S/C25H23ClN2O3/c1-16-14-19(27-24(30)21-7-2-3-8-23(21)29)10-11-20(16)25(31)28-13-5-4-6-17-15-18(26)9-12-22(17)28/h2-3,7-12,14-15,29H,4-6,13H2,1H3,(H,27,30). The van der Waals surface area contributed by atoms with E-state index in [1.165, 1.54) is 6.07 Å². The lowest BCUT2D eigenvalue weighted by Crippen LogP contribution is -2.32. The molecule has 1 heterocycles. The van der Waals surface area contributed by atoms with Crippen LogP contribution in [0, 0.1) is 6.92 Å². The number of phenolic OH excluding ortho intramolecular Hbond substituents is 1. The van der Waals surface area contributed by atoms with Crippen LogP contribution in [0.5, 0.6) is 5.75 Å². The molecule has 5 nitrogen and oxygen atoms in total. The molecule has 2 N–H and O–H groups in total. The van der Waals surface area contributed by atoms with Crippen LogP contribution in [-0.2, 0) is 6.42 Å². The van der Waals surface area contributed by atoms with Crippen molar-refractivity contribution >= 4 is 34.8 Å². The molecule has 31 heavy (non-hydrogen) atoms. The predicted octanol–water partition coefficient (Wildman–Crippen LogP) is 5.59. The Bertz CT molecular complexity index is 1160. The number of carbonyl (C=O) groups excluding carboxylic acids is 2. The molecule has 1 aliphatic heterocycles. The number of halogens is 1. The van der Waals surface area contributed by atoms with Crippen molar-refractivity contribution in [2.75, 3.05) is 16.8 Å². The molecule has 158 valence electrons. The Morgan fingerprint density at radius 2 is 1.81 bits per heavy atom. The molecule has 3 aromatic rings. The van der Waals surface area contributed by atoms with Crippen LogP contribution in [-0.4, -0.2) is 23.5 Å². The largest absolute Gasteiger partial charge is 0.507 e. The molecule has 0 bridgehead atoms. The van der Waals surface area contributed by atoms with E-state index in [0.717, 1.165) is 36.1 Å². The lowest BCUT2D eigenvalue weighted by atomic mass is 10.0. The van der Waals surface area contributed by atoms with Crippen LogP contribution in [0.3, 0.4) is 0 Å².